The van der Waals surface area contributed by atoms with E-state index >= 15 is 0 Å². The average Bonchev–Trinajstić information content (AvgIpc) is 2.77. The number of rotatable bonds is 2. The van der Waals surface area contributed by atoms with Gasteiger partial charge in [0.15, 0.2) is 0 Å². The van der Waals surface area contributed by atoms with Crippen LogP contribution in [0, 0.1) is 11.8 Å². The van der Waals surface area contributed by atoms with Gasteiger partial charge in [0, 0.05) is 5.57 Å². The van der Waals surface area contributed by atoms with E-state index in [1.165, 1.54) is 19.3 Å². The first-order valence-corrected chi connectivity index (χ1v) is 5.54. The molecule has 78 valence electrons. The van der Waals surface area contributed by atoms with Crippen LogP contribution in [0.3, 0.4) is 0 Å². The van der Waals surface area contributed by atoms with Crippen LogP contribution in [-0.2, 0) is 9.53 Å². The molecule has 0 aliphatic heterocycles. The van der Waals surface area contributed by atoms with Crippen LogP contribution in [0.5, 0.6) is 0 Å². The van der Waals surface area contributed by atoms with Crippen molar-refractivity contribution in [3.63, 3.8) is 0 Å². The second-order valence-corrected chi connectivity index (χ2v) is 4.59. The first-order valence-electron chi connectivity index (χ1n) is 5.54. The Balaban J connectivity index is 1.90. The summed E-state index contributed by atoms with van der Waals surface area (Å²) in [5, 5.41) is 0. The van der Waals surface area contributed by atoms with Gasteiger partial charge < -0.3 is 4.74 Å². The molecule has 2 rings (SSSR count). The SMILES string of the molecule is CC=C(C)C(=O)OC1CC2CCC1C2. The van der Waals surface area contributed by atoms with E-state index in [9.17, 15) is 4.79 Å². The lowest BCUT2D eigenvalue weighted by Crippen LogP contribution is -2.24. The molecule has 0 radical (unpaired) electrons. The number of carbonyl (C=O) groups is 1. The van der Waals surface area contributed by atoms with Crippen LogP contribution >= 0.6 is 0 Å². The lowest BCUT2D eigenvalue weighted by molar-refractivity contribution is -0.146. The van der Waals surface area contributed by atoms with Crippen LogP contribution in [0.2, 0.25) is 0 Å². The van der Waals surface area contributed by atoms with Gasteiger partial charge >= 0.3 is 5.97 Å². The maximum Gasteiger partial charge on any atom is 0.333 e. The molecule has 0 spiro atoms. The smallest absolute Gasteiger partial charge is 0.333 e. The Morgan fingerprint density at radius 1 is 1.36 bits per heavy atom. The minimum absolute atomic E-state index is 0.120. The summed E-state index contributed by atoms with van der Waals surface area (Å²) >= 11 is 0. The number of hydrogen-bond acceptors (Lipinski definition) is 2. The average molecular weight is 194 g/mol. The van der Waals surface area contributed by atoms with E-state index in [0.29, 0.717) is 5.92 Å². The molecule has 0 aromatic rings. The lowest BCUT2D eigenvalue weighted by Gasteiger charge is -2.21. The van der Waals surface area contributed by atoms with Crippen molar-refractivity contribution in [1.82, 2.24) is 0 Å². The number of carbonyl (C=O) groups excluding carboxylic acids is 1. The van der Waals surface area contributed by atoms with Crippen molar-refractivity contribution in [2.45, 2.75) is 45.6 Å². The Morgan fingerprint density at radius 3 is 2.64 bits per heavy atom. The molecule has 2 fully saturated rings. The standard InChI is InChI=1S/C12H18O2/c1-3-8(2)12(13)14-11-7-9-4-5-10(11)6-9/h3,9-11H,4-7H2,1-2H3. The van der Waals surface area contributed by atoms with E-state index in [4.69, 9.17) is 4.74 Å². The molecule has 3 unspecified atom stereocenters. The highest BCUT2D eigenvalue weighted by molar-refractivity contribution is 5.87. The highest BCUT2D eigenvalue weighted by Crippen LogP contribution is 2.45. The van der Waals surface area contributed by atoms with Crippen molar-refractivity contribution >= 4 is 5.97 Å². The fourth-order valence-electron chi connectivity index (χ4n) is 2.68. The molecule has 3 atom stereocenters. The van der Waals surface area contributed by atoms with E-state index < -0.39 is 0 Å². The second kappa shape index (κ2) is 3.76. The van der Waals surface area contributed by atoms with Crippen LogP contribution in [0.1, 0.15) is 39.5 Å². The van der Waals surface area contributed by atoms with Crippen LogP contribution in [0.15, 0.2) is 11.6 Å². The van der Waals surface area contributed by atoms with Gasteiger partial charge in [-0.05, 0) is 51.4 Å². The van der Waals surface area contributed by atoms with Gasteiger partial charge in [0.05, 0.1) is 0 Å². The zero-order chi connectivity index (χ0) is 10.1. The molecule has 14 heavy (non-hydrogen) atoms. The summed E-state index contributed by atoms with van der Waals surface area (Å²) in [7, 11) is 0. The number of ether oxygens (including phenoxy) is 1. The summed E-state index contributed by atoms with van der Waals surface area (Å²) < 4.78 is 5.49. The van der Waals surface area contributed by atoms with E-state index in [2.05, 4.69) is 0 Å². The Labute approximate surface area is 85.3 Å². The molecule has 0 amide bonds. The van der Waals surface area contributed by atoms with Gasteiger partial charge in [0.1, 0.15) is 6.10 Å². The summed E-state index contributed by atoms with van der Waals surface area (Å²) in [6.45, 7) is 3.69. The summed E-state index contributed by atoms with van der Waals surface area (Å²) in [6, 6.07) is 0. The maximum absolute atomic E-state index is 11.5. The molecule has 2 aliphatic carbocycles. The Morgan fingerprint density at radius 2 is 2.14 bits per heavy atom. The minimum atomic E-state index is -0.120. The van der Waals surface area contributed by atoms with Gasteiger partial charge in [-0.2, -0.15) is 0 Å². The summed E-state index contributed by atoms with van der Waals surface area (Å²) in [4.78, 5) is 11.5. The van der Waals surface area contributed by atoms with Crippen molar-refractivity contribution in [3.8, 4) is 0 Å². The van der Waals surface area contributed by atoms with Crippen molar-refractivity contribution in [1.29, 1.82) is 0 Å². The molecule has 0 saturated heterocycles. The maximum atomic E-state index is 11.5. The zero-order valence-electron chi connectivity index (χ0n) is 8.95. The van der Waals surface area contributed by atoms with Gasteiger partial charge in [-0.25, -0.2) is 4.79 Å². The zero-order valence-corrected chi connectivity index (χ0v) is 8.95. The molecule has 2 saturated carbocycles. The number of esters is 1. The van der Waals surface area contributed by atoms with Gasteiger partial charge in [-0.3, -0.25) is 0 Å². The summed E-state index contributed by atoms with van der Waals surface area (Å²) in [5.74, 6) is 1.38. The van der Waals surface area contributed by atoms with Crippen molar-refractivity contribution in [3.05, 3.63) is 11.6 Å². The Hall–Kier alpha value is -0.790. The van der Waals surface area contributed by atoms with Crippen molar-refractivity contribution < 1.29 is 9.53 Å². The molecule has 2 nitrogen and oxygen atoms in total. The topological polar surface area (TPSA) is 26.3 Å². The monoisotopic (exact) mass is 194 g/mol. The van der Waals surface area contributed by atoms with Crippen LogP contribution < -0.4 is 0 Å². The Bertz CT molecular complexity index is 267. The van der Waals surface area contributed by atoms with Crippen molar-refractivity contribution in [2.24, 2.45) is 11.8 Å². The van der Waals surface area contributed by atoms with Crippen LogP contribution in [0.4, 0.5) is 0 Å². The minimum Gasteiger partial charge on any atom is -0.459 e. The third-order valence-electron chi connectivity index (χ3n) is 3.69. The normalized spacial score (nSPS) is 36.1. The molecule has 2 aliphatic rings. The quantitative estimate of drug-likeness (QED) is 0.499. The first-order chi connectivity index (χ1) is 6.70. The molecule has 2 bridgehead atoms. The van der Waals surface area contributed by atoms with Crippen LogP contribution in [0.25, 0.3) is 0 Å². The lowest BCUT2D eigenvalue weighted by atomic mass is 9.98. The highest BCUT2D eigenvalue weighted by Gasteiger charge is 2.41. The van der Waals surface area contributed by atoms with Gasteiger partial charge in [0.25, 0.3) is 0 Å². The van der Waals surface area contributed by atoms with E-state index in [1.807, 2.05) is 19.9 Å². The molecular formula is C12H18O2. The van der Waals surface area contributed by atoms with E-state index in [0.717, 1.165) is 17.9 Å². The van der Waals surface area contributed by atoms with Crippen molar-refractivity contribution in [2.75, 3.05) is 0 Å². The largest absolute Gasteiger partial charge is 0.459 e. The van der Waals surface area contributed by atoms with Crippen LogP contribution in [-0.4, -0.2) is 12.1 Å². The third-order valence-corrected chi connectivity index (χ3v) is 3.69. The third kappa shape index (κ3) is 1.70. The number of allylic oxidation sites excluding steroid dienone is 1. The molecule has 2 heteroatoms. The fourth-order valence-corrected chi connectivity index (χ4v) is 2.68. The molecule has 0 aromatic carbocycles. The number of fused-ring (bicyclic) bond motifs is 2. The summed E-state index contributed by atoms with van der Waals surface area (Å²) in [5.41, 5.74) is 0.729. The molecular weight excluding hydrogens is 176 g/mol. The Kier molecular flexibility index (Phi) is 2.62. The molecule has 0 N–H and O–H groups in total. The second-order valence-electron chi connectivity index (χ2n) is 4.59. The number of hydrogen-bond donors (Lipinski definition) is 0. The highest BCUT2D eigenvalue weighted by atomic mass is 16.5. The molecule has 0 aromatic heterocycles. The van der Waals surface area contributed by atoms with E-state index in [-0.39, 0.29) is 12.1 Å². The predicted octanol–water partition coefficient (Wildman–Crippen LogP) is 2.68. The summed E-state index contributed by atoms with van der Waals surface area (Å²) in [6.07, 6.45) is 7.03. The first kappa shape index (κ1) is 9.75. The molecule has 0 heterocycles. The predicted molar refractivity (Wildman–Crippen MR) is 54.8 cm³/mol. The van der Waals surface area contributed by atoms with Gasteiger partial charge in [-0.15, -0.1) is 0 Å². The van der Waals surface area contributed by atoms with Gasteiger partial charge in [0.2, 0.25) is 0 Å². The fraction of sp³-hybridized carbons (Fsp3) is 0.750. The van der Waals surface area contributed by atoms with E-state index in [1.54, 1.807) is 0 Å². The van der Waals surface area contributed by atoms with Gasteiger partial charge in [-0.1, -0.05) is 6.08 Å².